The van der Waals surface area contributed by atoms with Crippen LogP contribution in [0.3, 0.4) is 0 Å². The zero-order valence-electron chi connectivity index (χ0n) is 8.67. The van der Waals surface area contributed by atoms with Gasteiger partial charge in [-0.25, -0.2) is 0 Å². The molecule has 0 unspecified atom stereocenters. The first-order chi connectivity index (χ1) is 6.72. The predicted octanol–water partition coefficient (Wildman–Crippen LogP) is 2.92. The van der Waals surface area contributed by atoms with Gasteiger partial charge in [-0.1, -0.05) is 35.9 Å². The van der Waals surface area contributed by atoms with Crippen LogP contribution in [0, 0.1) is 13.8 Å². The second kappa shape index (κ2) is 3.43. The third-order valence-corrected chi connectivity index (χ3v) is 2.78. The topological polar surface area (TPSA) is 26.0 Å². The number of nitrogens with two attached hydrogens (primary N) is 1. The highest BCUT2D eigenvalue weighted by Crippen LogP contribution is 2.22. The van der Waals surface area contributed by atoms with Gasteiger partial charge in [-0.3, -0.25) is 0 Å². The summed E-state index contributed by atoms with van der Waals surface area (Å²) in [6, 6.07) is 10.8. The Kier molecular flexibility index (Phi) is 2.26. The molecular formula is C13H15N. The summed E-state index contributed by atoms with van der Waals surface area (Å²) in [6.45, 7) is 4.88. The SMILES string of the molecule is Cc1ccc2ccc(CN)c(C)c2c1. The number of benzene rings is 2. The van der Waals surface area contributed by atoms with Gasteiger partial charge in [-0.15, -0.1) is 0 Å². The molecule has 0 fully saturated rings. The molecule has 0 radical (unpaired) electrons. The van der Waals surface area contributed by atoms with Crippen molar-refractivity contribution in [3.05, 3.63) is 47.0 Å². The van der Waals surface area contributed by atoms with Crippen molar-refractivity contribution in [1.29, 1.82) is 0 Å². The molecule has 0 amide bonds. The number of aryl methyl sites for hydroxylation is 2. The fourth-order valence-electron chi connectivity index (χ4n) is 1.85. The summed E-state index contributed by atoms with van der Waals surface area (Å²) in [4.78, 5) is 0. The summed E-state index contributed by atoms with van der Waals surface area (Å²) in [6.07, 6.45) is 0. The highest BCUT2D eigenvalue weighted by atomic mass is 14.5. The van der Waals surface area contributed by atoms with Crippen molar-refractivity contribution in [2.75, 3.05) is 0 Å². The van der Waals surface area contributed by atoms with Crippen LogP contribution in [-0.4, -0.2) is 0 Å². The summed E-state index contributed by atoms with van der Waals surface area (Å²) < 4.78 is 0. The van der Waals surface area contributed by atoms with Crippen LogP contribution in [0.2, 0.25) is 0 Å². The van der Waals surface area contributed by atoms with Crippen LogP contribution in [-0.2, 0) is 6.54 Å². The van der Waals surface area contributed by atoms with Gasteiger partial charge < -0.3 is 5.73 Å². The van der Waals surface area contributed by atoms with Crippen molar-refractivity contribution in [3.63, 3.8) is 0 Å². The standard InChI is InChI=1S/C13H15N/c1-9-3-4-11-5-6-12(8-14)10(2)13(11)7-9/h3-7H,8,14H2,1-2H3. The summed E-state index contributed by atoms with van der Waals surface area (Å²) in [7, 11) is 0. The monoisotopic (exact) mass is 185 g/mol. The van der Waals surface area contributed by atoms with Crippen LogP contribution < -0.4 is 5.73 Å². The molecule has 0 aromatic heterocycles. The van der Waals surface area contributed by atoms with Crippen molar-refractivity contribution in [2.24, 2.45) is 5.73 Å². The molecule has 72 valence electrons. The van der Waals surface area contributed by atoms with Gasteiger partial charge in [0.2, 0.25) is 0 Å². The Balaban J connectivity index is 2.79. The summed E-state index contributed by atoms with van der Waals surface area (Å²) in [5.74, 6) is 0. The van der Waals surface area contributed by atoms with E-state index in [0.717, 1.165) is 0 Å². The summed E-state index contributed by atoms with van der Waals surface area (Å²) in [5.41, 5.74) is 9.53. The van der Waals surface area contributed by atoms with Gasteiger partial charge in [-0.2, -0.15) is 0 Å². The van der Waals surface area contributed by atoms with Crippen LogP contribution in [0.1, 0.15) is 16.7 Å². The first-order valence-corrected chi connectivity index (χ1v) is 4.91. The predicted molar refractivity (Wildman–Crippen MR) is 61.3 cm³/mol. The summed E-state index contributed by atoms with van der Waals surface area (Å²) >= 11 is 0. The first-order valence-electron chi connectivity index (χ1n) is 4.91. The fourth-order valence-corrected chi connectivity index (χ4v) is 1.85. The lowest BCUT2D eigenvalue weighted by atomic mass is 9.99. The molecule has 2 aromatic rings. The Bertz CT molecular complexity index is 472. The smallest absolute Gasteiger partial charge is 0.0180 e. The van der Waals surface area contributed by atoms with E-state index in [9.17, 15) is 0 Å². The lowest BCUT2D eigenvalue weighted by molar-refractivity contribution is 1.06. The zero-order chi connectivity index (χ0) is 10.1. The Morgan fingerprint density at radius 1 is 1.07 bits per heavy atom. The van der Waals surface area contributed by atoms with Gasteiger partial charge in [0.15, 0.2) is 0 Å². The average molecular weight is 185 g/mol. The number of hydrogen-bond donors (Lipinski definition) is 1. The quantitative estimate of drug-likeness (QED) is 0.726. The molecule has 0 spiro atoms. The maximum absolute atomic E-state index is 5.68. The molecule has 0 aliphatic rings. The maximum atomic E-state index is 5.68. The van der Waals surface area contributed by atoms with Crippen LogP contribution in [0.4, 0.5) is 0 Å². The Morgan fingerprint density at radius 3 is 2.50 bits per heavy atom. The minimum atomic E-state index is 0.621. The first kappa shape index (κ1) is 9.22. The number of rotatable bonds is 1. The molecule has 0 aliphatic heterocycles. The van der Waals surface area contributed by atoms with Crippen molar-refractivity contribution in [3.8, 4) is 0 Å². The van der Waals surface area contributed by atoms with Gasteiger partial charge in [0.05, 0.1) is 0 Å². The molecule has 2 N–H and O–H groups in total. The minimum absolute atomic E-state index is 0.621. The third kappa shape index (κ3) is 1.40. The van der Waals surface area contributed by atoms with E-state index >= 15 is 0 Å². The van der Waals surface area contributed by atoms with Crippen molar-refractivity contribution in [2.45, 2.75) is 20.4 Å². The molecule has 2 aromatic carbocycles. The van der Waals surface area contributed by atoms with Gasteiger partial charge in [0.25, 0.3) is 0 Å². The molecule has 0 bridgehead atoms. The van der Waals surface area contributed by atoms with Crippen LogP contribution in [0.5, 0.6) is 0 Å². The van der Waals surface area contributed by atoms with E-state index in [0.29, 0.717) is 6.54 Å². The van der Waals surface area contributed by atoms with E-state index in [1.807, 2.05) is 0 Å². The molecule has 0 atom stereocenters. The Hall–Kier alpha value is -1.34. The average Bonchev–Trinajstić information content (AvgIpc) is 2.20. The largest absolute Gasteiger partial charge is 0.326 e. The van der Waals surface area contributed by atoms with Crippen LogP contribution in [0.15, 0.2) is 30.3 Å². The van der Waals surface area contributed by atoms with Gasteiger partial charge in [0, 0.05) is 6.54 Å². The number of fused-ring (bicyclic) bond motifs is 1. The minimum Gasteiger partial charge on any atom is -0.326 e. The van der Waals surface area contributed by atoms with Gasteiger partial charge in [-0.05, 0) is 35.7 Å². The molecule has 14 heavy (non-hydrogen) atoms. The van der Waals surface area contributed by atoms with Gasteiger partial charge >= 0.3 is 0 Å². The van der Waals surface area contributed by atoms with E-state index in [-0.39, 0.29) is 0 Å². The second-order valence-corrected chi connectivity index (χ2v) is 3.78. The van der Waals surface area contributed by atoms with E-state index < -0.39 is 0 Å². The van der Waals surface area contributed by atoms with E-state index in [1.165, 1.54) is 27.5 Å². The molecule has 0 saturated heterocycles. The van der Waals surface area contributed by atoms with Crippen molar-refractivity contribution >= 4 is 10.8 Å². The molecule has 0 aliphatic carbocycles. The van der Waals surface area contributed by atoms with E-state index in [4.69, 9.17) is 5.73 Å². The maximum Gasteiger partial charge on any atom is 0.0180 e. The van der Waals surface area contributed by atoms with Crippen LogP contribution in [0.25, 0.3) is 10.8 Å². The van der Waals surface area contributed by atoms with Crippen LogP contribution >= 0.6 is 0 Å². The van der Waals surface area contributed by atoms with E-state index in [2.05, 4.69) is 44.2 Å². The number of hydrogen-bond acceptors (Lipinski definition) is 1. The Morgan fingerprint density at radius 2 is 1.79 bits per heavy atom. The van der Waals surface area contributed by atoms with Crippen molar-refractivity contribution in [1.82, 2.24) is 0 Å². The normalized spacial score (nSPS) is 10.8. The molecular weight excluding hydrogens is 170 g/mol. The molecule has 1 heteroatoms. The molecule has 1 nitrogen and oxygen atoms in total. The van der Waals surface area contributed by atoms with Gasteiger partial charge in [0.1, 0.15) is 0 Å². The van der Waals surface area contributed by atoms with Crippen molar-refractivity contribution < 1.29 is 0 Å². The molecule has 0 saturated carbocycles. The molecule has 2 rings (SSSR count). The van der Waals surface area contributed by atoms with E-state index in [1.54, 1.807) is 0 Å². The third-order valence-electron chi connectivity index (χ3n) is 2.78. The lowest BCUT2D eigenvalue weighted by Crippen LogP contribution is -1.99. The zero-order valence-corrected chi connectivity index (χ0v) is 8.67. The summed E-state index contributed by atoms with van der Waals surface area (Å²) in [5, 5.41) is 2.62. The highest BCUT2D eigenvalue weighted by Gasteiger charge is 2.01. The molecule has 0 heterocycles. The fraction of sp³-hybridized carbons (Fsp3) is 0.231. The lowest BCUT2D eigenvalue weighted by Gasteiger charge is -2.08. The second-order valence-electron chi connectivity index (χ2n) is 3.78. The Labute approximate surface area is 84.5 Å². The highest BCUT2D eigenvalue weighted by molar-refractivity contribution is 5.87.